The van der Waals surface area contributed by atoms with Crippen molar-refractivity contribution in [1.29, 1.82) is 0 Å². The van der Waals surface area contributed by atoms with Crippen molar-refractivity contribution in [2.75, 3.05) is 6.54 Å². The Morgan fingerprint density at radius 2 is 2.15 bits per heavy atom. The first-order chi connectivity index (χ1) is 9.43. The number of hydrogen-bond acceptors (Lipinski definition) is 3. The van der Waals surface area contributed by atoms with Crippen LogP contribution in [0, 0.1) is 6.92 Å². The van der Waals surface area contributed by atoms with Crippen LogP contribution in [0.3, 0.4) is 0 Å². The van der Waals surface area contributed by atoms with Gasteiger partial charge in [-0.05, 0) is 31.0 Å². The highest BCUT2D eigenvalue weighted by Gasteiger charge is 2.36. The summed E-state index contributed by atoms with van der Waals surface area (Å²) < 4.78 is 0. The van der Waals surface area contributed by atoms with Crippen molar-refractivity contribution in [2.24, 2.45) is 0 Å². The molecule has 1 heterocycles. The van der Waals surface area contributed by atoms with Crippen molar-refractivity contribution in [3.05, 3.63) is 34.3 Å². The topological polar surface area (TPSA) is 66.5 Å². The maximum Gasteiger partial charge on any atom is 0.256 e. The molecule has 0 bridgehead atoms. The maximum absolute atomic E-state index is 12.5. The minimum Gasteiger partial charge on any atom is -0.317 e. The summed E-state index contributed by atoms with van der Waals surface area (Å²) in [5.74, 6) is -1.32. The number of nitrogens with zero attached hydrogens (tertiary/aromatic N) is 1. The van der Waals surface area contributed by atoms with Crippen molar-refractivity contribution in [2.45, 2.75) is 26.3 Å². The van der Waals surface area contributed by atoms with Gasteiger partial charge < -0.3 is 4.90 Å². The zero-order valence-electron chi connectivity index (χ0n) is 11.3. The second-order valence-electron chi connectivity index (χ2n) is 4.75. The average molecular weight is 295 g/mol. The first-order valence-corrected chi connectivity index (χ1v) is 6.72. The van der Waals surface area contributed by atoms with Crippen molar-refractivity contribution >= 4 is 29.3 Å². The molecule has 1 aromatic carbocycles. The number of carbonyl (C=O) groups is 3. The Bertz CT molecular complexity index is 586. The Balaban J connectivity index is 2.34. The molecule has 6 heteroatoms. The number of rotatable bonds is 2. The van der Waals surface area contributed by atoms with E-state index in [9.17, 15) is 14.4 Å². The van der Waals surface area contributed by atoms with E-state index >= 15 is 0 Å². The number of piperazine rings is 1. The lowest BCUT2D eigenvalue weighted by Crippen LogP contribution is -2.59. The number of aryl methyl sites for hydroxylation is 1. The third kappa shape index (κ3) is 2.67. The summed E-state index contributed by atoms with van der Waals surface area (Å²) in [6.45, 7) is 3.53. The minimum absolute atomic E-state index is 0.132. The van der Waals surface area contributed by atoms with Gasteiger partial charge in [-0.15, -0.1) is 0 Å². The molecule has 106 valence electrons. The molecule has 1 N–H and O–H groups in total. The van der Waals surface area contributed by atoms with E-state index in [-0.39, 0.29) is 6.54 Å². The van der Waals surface area contributed by atoms with Crippen LogP contribution in [-0.2, 0) is 9.59 Å². The van der Waals surface area contributed by atoms with Crippen LogP contribution < -0.4 is 5.32 Å². The summed E-state index contributed by atoms with van der Waals surface area (Å²) >= 11 is 6.07. The van der Waals surface area contributed by atoms with Crippen LogP contribution in [0.1, 0.15) is 29.3 Å². The lowest BCUT2D eigenvalue weighted by Gasteiger charge is -2.33. The number of amides is 3. The van der Waals surface area contributed by atoms with E-state index in [2.05, 4.69) is 5.32 Å². The van der Waals surface area contributed by atoms with E-state index in [1.54, 1.807) is 25.1 Å². The van der Waals surface area contributed by atoms with Crippen molar-refractivity contribution in [3.8, 4) is 0 Å². The van der Waals surface area contributed by atoms with Crippen molar-refractivity contribution in [1.82, 2.24) is 10.2 Å². The zero-order chi connectivity index (χ0) is 14.9. The number of imide groups is 1. The maximum atomic E-state index is 12.5. The van der Waals surface area contributed by atoms with Crippen molar-refractivity contribution in [3.63, 3.8) is 0 Å². The summed E-state index contributed by atoms with van der Waals surface area (Å²) in [4.78, 5) is 37.0. The average Bonchev–Trinajstić information content (AvgIpc) is 2.37. The minimum atomic E-state index is -0.641. The summed E-state index contributed by atoms with van der Waals surface area (Å²) in [6, 6.07) is 4.43. The molecule has 0 saturated carbocycles. The predicted octanol–water partition coefficient (Wildman–Crippen LogP) is 1.53. The second-order valence-corrected chi connectivity index (χ2v) is 5.16. The molecule has 0 spiro atoms. The van der Waals surface area contributed by atoms with Gasteiger partial charge in [-0.2, -0.15) is 0 Å². The Morgan fingerprint density at radius 3 is 2.75 bits per heavy atom. The first-order valence-electron chi connectivity index (χ1n) is 6.35. The van der Waals surface area contributed by atoms with Crippen LogP contribution in [0.4, 0.5) is 0 Å². The van der Waals surface area contributed by atoms with E-state index < -0.39 is 23.8 Å². The normalized spacial score (nSPS) is 18.9. The Labute approximate surface area is 121 Å². The van der Waals surface area contributed by atoms with E-state index in [1.807, 2.05) is 6.92 Å². The molecule has 0 aromatic heterocycles. The molecule has 0 aliphatic carbocycles. The Hall–Kier alpha value is -1.88. The number of benzene rings is 1. The Kier molecular flexibility index (Phi) is 4.09. The smallest absolute Gasteiger partial charge is 0.256 e. The highest BCUT2D eigenvalue weighted by molar-refractivity contribution is 6.34. The van der Waals surface area contributed by atoms with Gasteiger partial charge in [0, 0.05) is 0 Å². The molecule has 1 aromatic rings. The molecule has 1 aliphatic heterocycles. The SMILES string of the molecule is CCC1C(=O)NC(=O)CN1C(=O)c1ccc(C)cc1Cl. The molecule has 2 rings (SSSR count). The van der Waals surface area contributed by atoms with Gasteiger partial charge in [0.25, 0.3) is 5.91 Å². The van der Waals surface area contributed by atoms with E-state index in [1.165, 1.54) is 4.90 Å². The van der Waals surface area contributed by atoms with Crippen LogP contribution in [0.2, 0.25) is 5.02 Å². The fourth-order valence-electron chi connectivity index (χ4n) is 2.23. The molecule has 1 saturated heterocycles. The second kappa shape index (κ2) is 5.63. The predicted molar refractivity (Wildman–Crippen MR) is 74.5 cm³/mol. The van der Waals surface area contributed by atoms with Crippen LogP contribution in [0.15, 0.2) is 18.2 Å². The van der Waals surface area contributed by atoms with Gasteiger partial charge in [-0.1, -0.05) is 24.6 Å². The third-order valence-electron chi connectivity index (χ3n) is 3.26. The fraction of sp³-hybridized carbons (Fsp3) is 0.357. The molecule has 3 amide bonds. The lowest BCUT2D eigenvalue weighted by atomic mass is 10.1. The van der Waals surface area contributed by atoms with Crippen LogP contribution in [0.25, 0.3) is 0 Å². The number of carbonyl (C=O) groups excluding carboxylic acids is 3. The molecular weight excluding hydrogens is 280 g/mol. The van der Waals surface area contributed by atoms with Crippen LogP contribution in [-0.4, -0.2) is 35.2 Å². The highest BCUT2D eigenvalue weighted by atomic mass is 35.5. The van der Waals surface area contributed by atoms with Gasteiger partial charge >= 0.3 is 0 Å². The van der Waals surface area contributed by atoms with Gasteiger partial charge in [-0.25, -0.2) is 0 Å². The lowest BCUT2D eigenvalue weighted by molar-refractivity contribution is -0.138. The fourth-order valence-corrected chi connectivity index (χ4v) is 2.55. The molecule has 20 heavy (non-hydrogen) atoms. The number of hydrogen-bond donors (Lipinski definition) is 1. The summed E-state index contributed by atoms with van der Waals surface area (Å²) in [6.07, 6.45) is 0.439. The monoisotopic (exact) mass is 294 g/mol. The summed E-state index contributed by atoms with van der Waals surface area (Å²) in [7, 11) is 0. The van der Waals surface area contributed by atoms with Gasteiger partial charge in [-0.3, -0.25) is 19.7 Å². The third-order valence-corrected chi connectivity index (χ3v) is 3.57. The van der Waals surface area contributed by atoms with E-state index in [0.29, 0.717) is 17.0 Å². The number of halogens is 1. The van der Waals surface area contributed by atoms with Crippen LogP contribution in [0.5, 0.6) is 0 Å². The molecule has 5 nitrogen and oxygen atoms in total. The van der Waals surface area contributed by atoms with Crippen LogP contribution >= 0.6 is 11.6 Å². The van der Waals surface area contributed by atoms with E-state index in [4.69, 9.17) is 11.6 Å². The zero-order valence-corrected chi connectivity index (χ0v) is 12.0. The van der Waals surface area contributed by atoms with Crippen molar-refractivity contribution < 1.29 is 14.4 Å². The molecule has 1 fully saturated rings. The Morgan fingerprint density at radius 1 is 1.45 bits per heavy atom. The quantitative estimate of drug-likeness (QED) is 0.841. The van der Waals surface area contributed by atoms with Gasteiger partial charge in [0.2, 0.25) is 11.8 Å². The molecular formula is C14H15ClN2O3. The summed E-state index contributed by atoms with van der Waals surface area (Å²) in [5, 5.41) is 2.56. The molecule has 1 unspecified atom stereocenters. The number of nitrogens with one attached hydrogen (secondary N) is 1. The van der Waals surface area contributed by atoms with Gasteiger partial charge in [0.05, 0.1) is 10.6 Å². The molecule has 1 aliphatic rings. The van der Waals surface area contributed by atoms with E-state index in [0.717, 1.165) is 5.56 Å². The standard InChI is InChI=1S/C14H15ClN2O3/c1-3-11-13(19)16-12(18)7-17(11)14(20)9-5-4-8(2)6-10(9)15/h4-6,11H,3,7H2,1-2H3,(H,16,18,19). The first kappa shape index (κ1) is 14.5. The molecule has 0 radical (unpaired) electrons. The highest BCUT2D eigenvalue weighted by Crippen LogP contribution is 2.22. The van der Waals surface area contributed by atoms with Gasteiger partial charge in [0.1, 0.15) is 12.6 Å². The largest absolute Gasteiger partial charge is 0.317 e. The molecule has 1 atom stereocenters. The summed E-state index contributed by atoms with van der Waals surface area (Å²) in [5.41, 5.74) is 1.24. The van der Waals surface area contributed by atoms with Gasteiger partial charge in [0.15, 0.2) is 0 Å².